The van der Waals surface area contributed by atoms with Crippen LogP contribution in [0.15, 0.2) is 77.7 Å². The van der Waals surface area contributed by atoms with Gasteiger partial charge in [-0.3, -0.25) is 9.52 Å². The van der Waals surface area contributed by atoms with E-state index in [1.807, 2.05) is 25.1 Å². The number of thioether (sulfide) groups is 1. The van der Waals surface area contributed by atoms with Gasteiger partial charge in [0, 0.05) is 11.4 Å². The molecule has 0 radical (unpaired) electrons. The summed E-state index contributed by atoms with van der Waals surface area (Å²) in [5.41, 5.74) is 2.70. The molecule has 156 valence electrons. The zero-order valence-electron chi connectivity index (χ0n) is 16.3. The monoisotopic (exact) mass is 444 g/mol. The van der Waals surface area contributed by atoms with E-state index in [-0.39, 0.29) is 22.2 Å². The summed E-state index contributed by atoms with van der Waals surface area (Å²) in [5, 5.41) is 2.74. The Labute approximate surface area is 179 Å². The summed E-state index contributed by atoms with van der Waals surface area (Å²) < 4.78 is 40.8. The van der Waals surface area contributed by atoms with Gasteiger partial charge in [0.2, 0.25) is 5.91 Å². The number of hydrogen-bond acceptors (Lipinski definition) is 4. The molecule has 0 aliphatic carbocycles. The summed E-state index contributed by atoms with van der Waals surface area (Å²) in [6.45, 7) is 2.02. The Balaban J connectivity index is 1.54. The quantitative estimate of drug-likeness (QED) is 0.523. The van der Waals surface area contributed by atoms with Crippen LogP contribution in [0, 0.1) is 12.7 Å². The van der Waals surface area contributed by atoms with E-state index in [1.165, 1.54) is 65.9 Å². The first-order chi connectivity index (χ1) is 14.3. The molecule has 0 saturated heterocycles. The van der Waals surface area contributed by atoms with Gasteiger partial charge >= 0.3 is 0 Å². The lowest BCUT2D eigenvalue weighted by Crippen LogP contribution is -2.15. The zero-order chi connectivity index (χ0) is 21.6. The van der Waals surface area contributed by atoms with Gasteiger partial charge in [-0.25, -0.2) is 12.8 Å². The van der Waals surface area contributed by atoms with Crippen molar-refractivity contribution in [1.29, 1.82) is 0 Å². The fourth-order valence-corrected chi connectivity index (χ4v) is 4.57. The lowest BCUT2D eigenvalue weighted by molar-refractivity contribution is -0.113. The topological polar surface area (TPSA) is 75.3 Å². The van der Waals surface area contributed by atoms with Crippen LogP contribution >= 0.6 is 11.8 Å². The molecule has 0 aliphatic rings. The number of aryl methyl sites for hydroxylation is 1. The maximum absolute atomic E-state index is 13.7. The molecule has 0 fully saturated rings. The van der Waals surface area contributed by atoms with Crippen LogP contribution < -0.4 is 10.0 Å². The number of nitrogens with one attached hydrogen (secondary N) is 2. The third-order valence-electron chi connectivity index (χ3n) is 4.15. The molecule has 30 heavy (non-hydrogen) atoms. The third-order valence-corrected chi connectivity index (χ3v) is 6.54. The number of anilines is 2. The van der Waals surface area contributed by atoms with Gasteiger partial charge in [0.25, 0.3) is 10.0 Å². The molecular formula is C22H21FN2O3S2. The summed E-state index contributed by atoms with van der Waals surface area (Å²) in [7, 11) is -3.94. The predicted molar refractivity (Wildman–Crippen MR) is 120 cm³/mol. The molecule has 8 heteroatoms. The average Bonchev–Trinajstić information content (AvgIpc) is 2.70. The van der Waals surface area contributed by atoms with E-state index in [2.05, 4.69) is 16.1 Å². The van der Waals surface area contributed by atoms with Crippen molar-refractivity contribution in [1.82, 2.24) is 0 Å². The highest BCUT2D eigenvalue weighted by Crippen LogP contribution is 2.20. The fourth-order valence-electron chi connectivity index (χ4n) is 2.73. The van der Waals surface area contributed by atoms with Crippen molar-refractivity contribution in [2.75, 3.05) is 15.8 Å². The highest BCUT2D eigenvalue weighted by Gasteiger charge is 2.16. The normalized spacial score (nSPS) is 11.1. The molecular weight excluding hydrogens is 423 g/mol. The Kier molecular flexibility index (Phi) is 7.12. The summed E-state index contributed by atoms with van der Waals surface area (Å²) in [5.74, 6) is 0.178. The summed E-state index contributed by atoms with van der Waals surface area (Å²) >= 11 is 1.50. The minimum atomic E-state index is -3.94. The molecule has 3 rings (SSSR count). The Morgan fingerprint density at radius 1 is 1.00 bits per heavy atom. The van der Waals surface area contributed by atoms with Crippen molar-refractivity contribution in [3.63, 3.8) is 0 Å². The Bertz CT molecular complexity index is 1130. The van der Waals surface area contributed by atoms with Crippen LogP contribution in [0.25, 0.3) is 0 Å². The summed E-state index contributed by atoms with van der Waals surface area (Å²) in [4.78, 5) is 12.1. The number of rotatable bonds is 8. The standard InChI is InChI=1S/C22H21FN2O3S2/c1-16-5-4-6-17(13-16)14-29-15-22(26)24-18-9-11-19(12-10-18)30(27,28)25-21-8-3-2-7-20(21)23/h2-13,25H,14-15H2,1H3,(H,24,26). The van der Waals surface area contributed by atoms with Gasteiger partial charge in [0.15, 0.2) is 0 Å². The third kappa shape index (κ3) is 6.08. The molecule has 0 spiro atoms. The van der Waals surface area contributed by atoms with Crippen LogP contribution in [0.1, 0.15) is 11.1 Å². The number of carbonyl (C=O) groups is 1. The molecule has 5 nitrogen and oxygen atoms in total. The molecule has 0 unspecified atom stereocenters. The minimum Gasteiger partial charge on any atom is -0.325 e. The predicted octanol–water partition coefficient (Wildman–Crippen LogP) is 4.81. The first kappa shape index (κ1) is 21.9. The van der Waals surface area contributed by atoms with Crippen LogP contribution in [-0.4, -0.2) is 20.1 Å². The van der Waals surface area contributed by atoms with Crippen LogP contribution in [0.2, 0.25) is 0 Å². The second-order valence-corrected chi connectivity index (χ2v) is 9.31. The second-order valence-electron chi connectivity index (χ2n) is 6.64. The van der Waals surface area contributed by atoms with E-state index in [9.17, 15) is 17.6 Å². The summed E-state index contributed by atoms with van der Waals surface area (Å²) in [6, 6.07) is 19.4. The van der Waals surface area contributed by atoms with Crippen molar-refractivity contribution in [2.24, 2.45) is 0 Å². The Hall–Kier alpha value is -2.84. The molecule has 0 bridgehead atoms. The summed E-state index contributed by atoms with van der Waals surface area (Å²) in [6.07, 6.45) is 0. The van der Waals surface area contributed by atoms with Gasteiger partial charge in [-0.2, -0.15) is 0 Å². The first-order valence-electron chi connectivity index (χ1n) is 9.14. The lowest BCUT2D eigenvalue weighted by Gasteiger charge is -2.10. The number of sulfonamides is 1. The van der Waals surface area contributed by atoms with Crippen molar-refractivity contribution < 1.29 is 17.6 Å². The maximum Gasteiger partial charge on any atom is 0.261 e. The molecule has 1 amide bonds. The largest absolute Gasteiger partial charge is 0.325 e. The van der Waals surface area contributed by atoms with E-state index in [4.69, 9.17) is 0 Å². The van der Waals surface area contributed by atoms with E-state index in [0.29, 0.717) is 5.69 Å². The van der Waals surface area contributed by atoms with Gasteiger partial charge in [0.1, 0.15) is 5.82 Å². The number of para-hydroxylation sites is 1. The van der Waals surface area contributed by atoms with E-state index in [1.54, 1.807) is 0 Å². The second kappa shape index (κ2) is 9.77. The van der Waals surface area contributed by atoms with Crippen molar-refractivity contribution in [3.8, 4) is 0 Å². The van der Waals surface area contributed by atoms with E-state index >= 15 is 0 Å². The highest BCUT2D eigenvalue weighted by molar-refractivity contribution is 7.99. The SMILES string of the molecule is Cc1cccc(CSCC(=O)Nc2ccc(S(=O)(=O)Nc3ccccc3F)cc2)c1. The molecule has 2 N–H and O–H groups in total. The molecule has 0 atom stereocenters. The van der Waals surface area contributed by atoms with Crippen molar-refractivity contribution in [2.45, 2.75) is 17.6 Å². The van der Waals surface area contributed by atoms with Gasteiger partial charge in [-0.05, 0) is 48.9 Å². The minimum absolute atomic E-state index is 0.0300. The van der Waals surface area contributed by atoms with Crippen LogP contribution in [0.3, 0.4) is 0 Å². The number of benzene rings is 3. The molecule has 0 aromatic heterocycles. The average molecular weight is 445 g/mol. The smallest absolute Gasteiger partial charge is 0.261 e. The van der Waals surface area contributed by atoms with Crippen molar-refractivity contribution in [3.05, 3.63) is 89.7 Å². The molecule has 0 aliphatic heterocycles. The van der Waals surface area contributed by atoms with Crippen LogP contribution in [-0.2, 0) is 20.6 Å². The maximum atomic E-state index is 13.7. The Morgan fingerprint density at radius 3 is 2.43 bits per heavy atom. The zero-order valence-corrected chi connectivity index (χ0v) is 17.9. The Morgan fingerprint density at radius 2 is 1.73 bits per heavy atom. The van der Waals surface area contributed by atoms with Crippen molar-refractivity contribution >= 4 is 39.1 Å². The fraction of sp³-hybridized carbons (Fsp3) is 0.136. The molecule has 0 heterocycles. The van der Waals surface area contributed by atoms with E-state index in [0.717, 1.165) is 11.3 Å². The highest BCUT2D eigenvalue weighted by atomic mass is 32.2. The van der Waals surface area contributed by atoms with Crippen LogP contribution in [0.5, 0.6) is 0 Å². The molecule has 3 aromatic carbocycles. The number of carbonyl (C=O) groups excluding carboxylic acids is 1. The lowest BCUT2D eigenvalue weighted by atomic mass is 10.2. The van der Waals surface area contributed by atoms with Gasteiger partial charge in [-0.1, -0.05) is 42.0 Å². The first-order valence-corrected chi connectivity index (χ1v) is 11.8. The number of amides is 1. The number of halogens is 1. The molecule has 3 aromatic rings. The van der Waals surface area contributed by atoms with Crippen LogP contribution in [0.4, 0.5) is 15.8 Å². The van der Waals surface area contributed by atoms with E-state index < -0.39 is 15.8 Å². The van der Waals surface area contributed by atoms with Gasteiger partial charge in [0.05, 0.1) is 16.3 Å². The number of hydrogen-bond donors (Lipinski definition) is 2. The molecule has 0 saturated carbocycles. The van der Waals surface area contributed by atoms with Gasteiger partial charge < -0.3 is 5.32 Å². The van der Waals surface area contributed by atoms with Gasteiger partial charge in [-0.15, -0.1) is 11.8 Å².